The van der Waals surface area contributed by atoms with Crippen molar-refractivity contribution >= 4 is 34.1 Å². The number of aromatic nitrogens is 1. The van der Waals surface area contributed by atoms with Crippen molar-refractivity contribution in [3.8, 4) is 5.75 Å². The standard InChI is InChI=1S/C17H13ClN2O3/c1-20-13-5-3-2-4-12(13)15(21)14(17(20)23)16(22)19-11-8-6-10(18)7-9-11/h2-9,21H,1H3,(H,19,22). The monoisotopic (exact) mass is 328 g/mol. The van der Waals surface area contributed by atoms with E-state index in [0.29, 0.717) is 21.6 Å². The second-order valence-electron chi connectivity index (χ2n) is 5.07. The van der Waals surface area contributed by atoms with Gasteiger partial charge in [-0.05, 0) is 36.4 Å². The number of carbonyl (C=O) groups excluding carboxylic acids is 1. The molecule has 0 aliphatic rings. The van der Waals surface area contributed by atoms with Crippen molar-refractivity contribution in [3.63, 3.8) is 0 Å². The molecular weight excluding hydrogens is 316 g/mol. The van der Waals surface area contributed by atoms with Gasteiger partial charge in [0.2, 0.25) is 0 Å². The van der Waals surface area contributed by atoms with Crippen LogP contribution in [0, 0.1) is 0 Å². The Labute approximate surface area is 136 Å². The number of nitrogens with zero attached hydrogens (tertiary/aromatic N) is 1. The molecule has 1 amide bonds. The third-order valence-corrected chi connectivity index (χ3v) is 3.86. The van der Waals surface area contributed by atoms with Gasteiger partial charge < -0.3 is 15.0 Å². The summed E-state index contributed by atoms with van der Waals surface area (Å²) in [6.45, 7) is 0. The second-order valence-corrected chi connectivity index (χ2v) is 5.50. The minimum Gasteiger partial charge on any atom is -0.506 e. The maximum absolute atomic E-state index is 12.4. The molecule has 0 fully saturated rings. The fourth-order valence-electron chi connectivity index (χ4n) is 2.41. The van der Waals surface area contributed by atoms with Gasteiger partial charge in [-0.25, -0.2) is 0 Å². The molecule has 1 heterocycles. The van der Waals surface area contributed by atoms with E-state index in [-0.39, 0.29) is 11.3 Å². The van der Waals surface area contributed by atoms with Crippen LogP contribution in [0.1, 0.15) is 10.4 Å². The van der Waals surface area contributed by atoms with Crippen molar-refractivity contribution in [1.82, 2.24) is 4.57 Å². The second kappa shape index (κ2) is 5.78. The molecule has 0 atom stereocenters. The number of nitrogens with one attached hydrogen (secondary N) is 1. The third-order valence-electron chi connectivity index (χ3n) is 3.60. The smallest absolute Gasteiger partial charge is 0.267 e. The van der Waals surface area contributed by atoms with Crippen molar-refractivity contribution in [2.24, 2.45) is 7.05 Å². The van der Waals surface area contributed by atoms with Crippen LogP contribution >= 0.6 is 11.6 Å². The van der Waals surface area contributed by atoms with Crippen molar-refractivity contribution in [2.45, 2.75) is 0 Å². The molecular formula is C17H13ClN2O3. The highest BCUT2D eigenvalue weighted by Gasteiger charge is 2.21. The topological polar surface area (TPSA) is 71.3 Å². The molecule has 2 aromatic carbocycles. The summed E-state index contributed by atoms with van der Waals surface area (Å²) in [6, 6.07) is 13.3. The molecule has 0 unspecified atom stereocenters. The van der Waals surface area contributed by atoms with Crippen molar-refractivity contribution in [3.05, 3.63) is 69.5 Å². The zero-order valence-corrected chi connectivity index (χ0v) is 13.0. The molecule has 3 aromatic rings. The summed E-state index contributed by atoms with van der Waals surface area (Å²) in [4.78, 5) is 24.8. The molecule has 0 aliphatic heterocycles. The summed E-state index contributed by atoms with van der Waals surface area (Å²) >= 11 is 5.80. The molecule has 6 heteroatoms. The van der Waals surface area contributed by atoms with Gasteiger partial charge in [-0.15, -0.1) is 0 Å². The number of benzene rings is 2. The van der Waals surface area contributed by atoms with Crippen LogP contribution in [0.5, 0.6) is 5.75 Å². The van der Waals surface area contributed by atoms with Crippen LogP contribution in [0.4, 0.5) is 5.69 Å². The van der Waals surface area contributed by atoms with Gasteiger partial charge >= 0.3 is 0 Å². The van der Waals surface area contributed by atoms with Crippen LogP contribution in [0.25, 0.3) is 10.9 Å². The molecule has 0 saturated heterocycles. The first-order valence-electron chi connectivity index (χ1n) is 6.86. The Bertz CT molecular complexity index is 962. The molecule has 3 rings (SSSR count). The minimum atomic E-state index is -0.670. The van der Waals surface area contributed by atoms with Gasteiger partial charge in [0.25, 0.3) is 11.5 Å². The molecule has 1 aromatic heterocycles. The first-order valence-corrected chi connectivity index (χ1v) is 7.24. The molecule has 23 heavy (non-hydrogen) atoms. The zero-order valence-electron chi connectivity index (χ0n) is 12.2. The quantitative estimate of drug-likeness (QED) is 0.759. The average Bonchev–Trinajstić information content (AvgIpc) is 2.55. The van der Waals surface area contributed by atoms with Gasteiger partial charge in [0.1, 0.15) is 11.3 Å². The van der Waals surface area contributed by atoms with E-state index >= 15 is 0 Å². The molecule has 0 saturated carbocycles. The van der Waals surface area contributed by atoms with E-state index in [9.17, 15) is 14.7 Å². The van der Waals surface area contributed by atoms with E-state index < -0.39 is 11.5 Å². The number of fused-ring (bicyclic) bond motifs is 1. The van der Waals surface area contributed by atoms with E-state index in [1.54, 1.807) is 55.6 Å². The van der Waals surface area contributed by atoms with E-state index in [1.807, 2.05) is 0 Å². The summed E-state index contributed by atoms with van der Waals surface area (Å²) in [7, 11) is 1.56. The third kappa shape index (κ3) is 2.66. The number of hydrogen-bond donors (Lipinski definition) is 2. The lowest BCUT2D eigenvalue weighted by atomic mass is 10.1. The number of hydrogen-bond acceptors (Lipinski definition) is 3. The summed E-state index contributed by atoms with van der Waals surface area (Å²) in [5.74, 6) is -0.994. The van der Waals surface area contributed by atoms with Gasteiger partial charge in [-0.2, -0.15) is 0 Å². The fraction of sp³-hybridized carbons (Fsp3) is 0.0588. The molecule has 0 spiro atoms. The highest BCUT2D eigenvalue weighted by atomic mass is 35.5. The molecule has 116 valence electrons. The van der Waals surface area contributed by atoms with E-state index in [1.165, 1.54) is 4.57 Å². The average molecular weight is 329 g/mol. The number of para-hydroxylation sites is 1. The summed E-state index contributed by atoms with van der Waals surface area (Å²) in [6.07, 6.45) is 0. The number of halogens is 1. The van der Waals surface area contributed by atoms with Gasteiger partial charge in [-0.1, -0.05) is 23.7 Å². The first-order chi connectivity index (χ1) is 11.0. The first kappa shape index (κ1) is 15.1. The van der Waals surface area contributed by atoms with Crippen molar-refractivity contribution in [1.29, 1.82) is 0 Å². The van der Waals surface area contributed by atoms with Gasteiger partial charge in [0.15, 0.2) is 0 Å². The Balaban J connectivity index is 2.10. The van der Waals surface area contributed by atoms with E-state index in [2.05, 4.69) is 5.32 Å². The Kier molecular flexibility index (Phi) is 3.80. The van der Waals surface area contributed by atoms with Crippen LogP contribution in [0.2, 0.25) is 5.02 Å². The summed E-state index contributed by atoms with van der Waals surface area (Å²) < 4.78 is 1.34. The number of carbonyl (C=O) groups is 1. The van der Waals surface area contributed by atoms with Gasteiger partial charge in [0.05, 0.1) is 5.52 Å². The van der Waals surface area contributed by atoms with Crippen LogP contribution in [0.15, 0.2) is 53.3 Å². The molecule has 0 aliphatic carbocycles. The fourth-order valence-corrected chi connectivity index (χ4v) is 2.54. The number of rotatable bonds is 2. The molecule has 0 radical (unpaired) electrons. The maximum Gasteiger partial charge on any atom is 0.267 e. The SMILES string of the molecule is Cn1c(=O)c(C(=O)Nc2ccc(Cl)cc2)c(O)c2ccccc21. The van der Waals surface area contributed by atoms with E-state index in [4.69, 9.17) is 11.6 Å². The predicted molar refractivity (Wildman–Crippen MR) is 90.3 cm³/mol. The van der Waals surface area contributed by atoms with E-state index in [0.717, 1.165) is 0 Å². The number of amides is 1. The van der Waals surface area contributed by atoms with Gasteiger partial charge in [0, 0.05) is 23.1 Å². The van der Waals surface area contributed by atoms with Crippen LogP contribution in [-0.4, -0.2) is 15.6 Å². The summed E-state index contributed by atoms with van der Waals surface area (Å²) in [5, 5.41) is 13.9. The Morgan fingerprint density at radius 1 is 1.13 bits per heavy atom. The molecule has 2 N–H and O–H groups in total. The highest BCUT2D eigenvalue weighted by Crippen LogP contribution is 2.26. The number of pyridine rings is 1. The number of anilines is 1. The lowest BCUT2D eigenvalue weighted by molar-refractivity contribution is 0.102. The normalized spacial score (nSPS) is 10.7. The largest absolute Gasteiger partial charge is 0.506 e. The summed E-state index contributed by atoms with van der Waals surface area (Å²) in [5.41, 5.74) is 0.181. The van der Waals surface area contributed by atoms with Crippen LogP contribution < -0.4 is 10.9 Å². The predicted octanol–water partition coefficient (Wildman–Crippen LogP) is 3.15. The highest BCUT2D eigenvalue weighted by molar-refractivity contribution is 6.30. The number of aryl methyl sites for hydroxylation is 1. The maximum atomic E-state index is 12.4. The zero-order chi connectivity index (χ0) is 16.6. The Hall–Kier alpha value is -2.79. The minimum absolute atomic E-state index is 0.291. The van der Waals surface area contributed by atoms with Crippen LogP contribution in [-0.2, 0) is 7.05 Å². The van der Waals surface area contributed by atoms with Crippen molar-refractivity contribution < 1.29 is 9.90 Å². The van der Waals surface area contributed by atoms with Gasteiger partial charge in [-0.3, -0.25) is 9.59 Å². The molecule has 5 nitrogen and oxygen atoms in total. The number of aromatic hydroxyl groups is 1. The lowest BCUT2D eigenvalue weighted by Gasteiger charge is -2.12. The lowest BCUT2D eigenvalue weighted by Crippen LogP contribution is -2.28. The van der Waals surface area contributed by atoms with Crippen LogP contribution in [0.3, 0.4) is 0 Å². The Morgan fingerprint density at radius 2 is 1.78 bits per heavy atom. The Morgan fingerprint density at radius 3 is 2.48 bits per heavy atom. The van der Waals surface area contributed by atoms with Crippen molar-refractivity contribution in [2.75, 3.05) is 5.32 Å². The molecule has 0 bridgehead atoms.